The SMILES string of the molecule is [C-]#[N+]c1ccc(N2CCC(C)(NC(=O)N3C4CC5CC3CC(C4)O5)CC2)cc1. The lowest BCUT2D eigenvalue weighted by Gasteiger charge is -2.56. The third-order valence-electron chi connectivity index (χ3n) is 7.17. The maximum absolute atomic E-state index is 13.2. The minimum absolute atomic E-state index is 0.131. The Balaban J connectivity index is 1.20. The van der Waals surface area contributed by atoms with E-state index in [1.54, 1.807) is 0 Å². The van der Waals surface area contributed by atoms with E-state index in [9.17, 15) is 4.79 Å². The van der Waals surface area contributed by atoms with Crippen molar-refractivity contribution in [1.82, 2.24) is 10.2 Å². The highest BCUT2D eigenvalue weighted by atomic mass is 16.5. The number of hydrogen-bond acceptors (Lipinski definition) is 3. The highest BCUT2D eigenvalue weighted by Crippen LogP contribution is 2.42. The van der Waals surface area contributed by atoms with Crippen molar-refractivity contribution < 1.29 is 9.53 Å². The predicted molar refractivity (Wildman–Crippen MR) is 108 cm³/mol. The molecular weight excluding hydrogens is 352 g/mol. The van der Waals surface area contributed by atoms with Gasteiger partial charge >= 0.3 is 6.03 Å². The van der Waals surface area contributed by atoms with Crippen LogP contribution in [0.25, 0.3) is 4.85 Å². The Morgan fingerprint density at radius 2 is 1.68 bits per heavy atom. The first-order valence-corrected chi connectivity index (χ1v) is 10.5. The number of anilines is 1. The van der Waals surface area contributed by atoms with Gasteiger partial charge in [0.15, 0.2) is 5.69 Å². The van der Waals surface area contributed by atoms with Crippen molar-refractivity contribution in [2.45, 2.75) is 75.3 Å². The first kappa shape index (κ1) is 17.8. The second-order valence-electron chi connectivity index (χ2n) is 9.14. The Morgan fingerprint density at radius 3 is 2.21 bits per heavy atom. The molecule has 1 aromatic carbocycles. The molecule has 0 aliphatic carbocycles. The van der Waals surface area contributed by atoms with E-state index in [0.717, 1.165) is 57.3 Å². The Hall–Kier alpha value is -2.26. The standard InChI is InChI=1S/C22H28N4O2/c1-22(7-9-25(10-8-22)16-5-3-15(23-2)4-6-16)24-21(27)26-17-11-19-13-18(26)14-20(12-17)28-19/h3-6,17-20H,7-14H2,1H3,(H,24,27). The van der Waals surface area contributed by atoms with Gasteiger partial charge < -0.3 is 19.9 Å². The normalized spacial score (nSPS) is 32.9. The zero-order valence-corrected chi connectivity index (χ0v) is 16.4. The van der Waals surface area contributed by atoms with Crippen LogP contribution in [0.1, 0.15) is 45.4 Å². The Kier molecular flexibility index (Phi) is 4.24. The van der Waals surface area contributed by atoms with Gasteiger partial charge in [0.2, 0.25) is 0 Å². The van der Waals surface area contributed by atoms with Gasteiger partial charge in [-0.3, -0.25) is 0 Å². The van der Waals surface area contributed by atoms with Crippen LogP contribution in [-0.4, -0.2) is 53.9 Å². The average molecular weight is 380 g/mol. The zero-order valence-electron chi connectivity index (χ0n) is 16.4. The van der Waals surface area contributed by atoms with E-state index < -0.39 is 0 Å². The number of ether oxygens (including phenoxy) is 1. The molecule has 1 aromatic rings. The first-order valence-electron chi connectivity index (χ1n) is 10.5. The summed E-state index contributed by atoms with van der Waals surface area (Å²) in [4.78, 5) is 21.1. The Morgan fingerprint density at radius 1 is 1.11 bits per heavy atom. The smallest absolute Gasteiger partial charge is 0.318 e. The molecule has 5 heterocycles. The molecule has 0 unspecified atom stereocenters. The van der Waals surface area contributed by atoms with Crippen molar-refractivity contribution in [2.75, 3.05) is 18.0 Å². The van der Waals surface area contributed by atoms with E-state index in [1.807, 2.05) is 24.3 Å². The van der Waals surface area contributed by atoms with Crippen molar-refractivity contribution in [2.24, 2.45) is 0 Å². The molecule has 4 bridgehead atoms. The van der Waals surface area contributed by atoms with Crippen LogP contribution in [0.3, 0.4) is 0 Å². The Labute approximate surface area is 166 Å². The number of benzene rings is 1. The number of nitrogens with zero attached hydrogens (tertiary/aromatic N) is 3. The molecule has 0 radical (unpaired) electrons. The summed E-state index contributed by atoms with van der Waals surface area (Å²) in [6.45, 7) is 11.1. The average Bonchev–Trinajstić information content (AvgIpc) is 2.67. The van der Waals surface area contributed by atoms with Crippen molar-refractivity contribution in [3.05, 3.63) is 35.7 Å². The summed E-state index contributed by atoms with van der Waals surface area (Å²) in [5.41, 5.74) is 1.67. The lowest BCUT2D eigenvalue weighted by molar-refractivity contribution is -0.168. The molecule has 0 aromatic heterocycles. The molecule has 5 fully saturated rings. The second kappa shape index (κ2) is 6.66. The van der Waals surface area contributed by atoms with Gasteiger partial charge in [-0.2, -0.15) is 0 Å². The minimum Gasteiger partial charge on any atom is -0.375 e. The molecule has 6 heteroatoms. The third kappa shape index (κ3) is 3.12. The third-order valence-corrected chi connectivity index (χ3v) is 7.17. The van der Waals surface area contributed by atoms with Gasteiger partial charge in [0.05, 0.1) is 18.8 Å². The highest BCUT2D eigenvalue weighted by Gasteiger charge is 2.50. The lowest BCUT2D eigenvalue weighted by Crippen LogP contribution is -2.67. The molecule has 2 amide bonds. The van der Waals surface area contributed by atoms with E-state index in [4.69, 9.17) is 11.3 Å². The number of urea groups is 1. The van der Waals surface area contributed by atoms with E-state index in [2.05, 4.69) is 26.9 Å². The number of amides is 2. The van der Waals surface area contributed by atoms with Crippen LogP contribution in [0.2, 0.25) is 0 Å². The summed E-state index contributed by atoms with van der Waals surface area (Å²) in [5.74, 6) is 0. The summed E-state index contributed by atoms with van der Waals surface area (Å²) in [6, 6.07) is 8.66. The molecule has 148 valence electrons. The fourth-order valence-corrected chi connectivity index (χ4v) is 5.62. The number of hydrogen-bond donors (Lipinski definition) is 1. The molecule has 1 N–H and O–H groups in total. The quantitative estimate of drug-likeness (QED) is 0.796. The number of nitrogens with one attached hydrogen (secondary N) is 1. The van der Waals surface area contributed by atoms with Crippen molar-refractivity contribution >= 4 is 17.4 Å². The van der Waals surface area contributed by atoms with Gasteiger partial charge in [-0.25, -0.2) is 9.64 Å². The van der Waals surface area contributed by atoms with Crippen molar-refractivity contribution in [3.63, 3.8) is 0 Å². The molecular formula is C22H28N4O2. The number of carbonyl (C=O) groups is 1. The van der Waals surface area contributed by atoms with Gasteiger partial charge in [-0.05, 0) is 57.6 Å². The van der Waals surface area contributed by atoms with E-state index in [1.165, 1.54) is 0 Å². The molecule has 0 atom stereocenters. The fourth-order valence-electron chi connectivity index (χ4n) is 5.62. The van der Waals surface area contributed by atoms with Crippen molar-refractivity contribution in [1.29, 1.82) is 0 Å². The van der Waals surface area contributed by atoms with Crippen LogP contribution in [0.15, 0.2) is 24.3 Å². The predicted octanol–water partition coefficient (Wildman–Crippen LogP) is 3.70. The molecule has 5 aliphatic heterocycles. The van der Waals surface area contributed by atoms with E-state index in [-0.39, 0.29) is 11.6 Å². The summed E-state index contributed by atoms with van der Waals surface area (Å²) >= 11 is 0. The van der Waals surface area contributed by atoms with E-state index in [0.29, 0.717) is 30.0 Å². The molecule has 28 heavy (non-hydrogen) atoms. The maximum atomic E-state index is 13.2. The molecule has 5 saturated heterocycles. The van der Waals surface area contributed by atoms with Crippen LogP contribution in [0, 0.1) is 6.57 Å². The number of piperidine rings is 3. The summed E-state index contributed by atoms with van der Waals surface area (Å²) < 4.78 is 6.01. The lowest BCUT2D eigenvalue weighted by atomic mass is 9.78. The van der Waals surface area contributed by atoms with Crippen LogP contribution >= 0.6 is 0 Å². The summed E-state index contributed by atoms with van der Waals surface area (Å²) in [7, 11) is 0. The molecule has 6 nitrogen and oxygen atoms in total. The number of rotatable bonds is 2. The van der Waals surface area contributed by atoms with Gasteiger partial charge in [-0.15, -0.1) is 0 Å². The maximum Gasteiger partial charge on any atom is 0.318 e. The van der Waals surface area contributed by atoms with E-state index >= 15 is 0 Å². The summed E-state index contributed by atoms with van der Waals surface area (Å²) in [6.07, 6.45) is 6.63. The summed E-state index contributed by atoms with van der Waals surface area (Å²) in [5, 5.41) is 3.39. The van der Waals surface area contributed by atoms with Gasteiger partial charge in [0.1, 0.15) is 0 Å². The topological polar surface area (TPSA) is 49.2 Å². The van der Waals surface area contributed by atoms with Crippen molar-refractivity contribution in [3.8, 4) is 0 Å². The van der Waals surface area contributed by atoms with Gasteiger partial charge in [-0.1, -0.05) is 12.1 Å². The zero-order chi connectivity index (χ0) is 19.3. The highest BCUT2D eigenvalue weighted by molar-refractivity contribution is 5.76. The van der Waals surface area contributed by atoms with Crippen LogP contribution in [0.4, 0.5) is 16.2 Å². The molecule has 0 spiro atoms. The first-order chi connectivity index (χ1) is 13.5. The van der Waals surface area contributed by atoms with Gasteiger partial charge in [0, 0.05) is 36.4 Å². The minimum atomic E-state index is -0.158. The second-order valence-corrected chi connectivity index (χ2v) is 9.14. The Bertz CT molecular complexity index is 764. The fraction of sp³-hybridized carbons (Fsp3) is 0.636. The molecule has 0 saturated carbocycles. The van der Waals surface area contributed by atoms with Crippen LogP contribution in [0.5, 0.6) is 0 Å². The van der Waals surface area contributed by atoms with Crippen LogP contribution < -0.4 is 10.2 Å². The molecule has 6 rings (SSSR count). The van der Waals surface area contributed by atoms with Gasteiger partial charge in [0.25, 0.3) is 0 Å². The van der Waals surface area contributed by atoms with Crippen LogP contribution in [-0.2, 0) is 4.74 Å². The monoisotopic (exact) mass is 380 g/mol. The number of carbonyl (C=O) groups excluding carboxylic acids is 1. The largest absolute Gasteiger partial charge is 0.375 e. The molecule has 5 aliphatic rings.